The third-order valence-electron chi connectivity index (χ3n) is 1.81. The highest BCUT2D eigenvalue weighted by molar-refractivity contribution is 5.28. The van der Waals surface area contributed by atoms with Gasteiger partial charge >= 0.3 is 0 Å². The molecular weight excluding hydrogens is 148 g/mol. The molecule has 0 fully saturated rings. The molecule has 12 heavy (non-hydrogen) atoms. The van der Waals surface area contributed by atoms with Gasteiger partial charge in [-0.05, 0) is 32.8 Å². The fourth-order valence-corrected chi connectivity index (χ4v) is 1.53. The normalized spacial score (nSPS) is 13.0. The molecule has 0 heterocycles. The number of aliphatic hydroxyl groups is 1. The van der Waals surface area contributed by atoms with Gasteiger partial charge < -0.3 is 5.11 Å². The molecule has 1 nitrogen and oxygen atoms in total. The molecule has 0 saturated carbocycles. The number of aliphatic hydroxyl groups excluding tert-OH is 1. The van der Waals surface area contributed by atoms with Gasteiger partial charge in [0.05, 0.1) is 6.10 Å². The average Bonchev–Trinajstić information content (AvgIpc) is 1.81. The fraction of sp³-hybridized carbons (Fsp3) is 0.455. The minimum Gasteiger partial charge on any atom is -0.393 e. The zero-order chi connectivity index (χ0) is 9.14. The molecule has 0 aromatic heterocycles. The molecule has 1 aromatic rings. The average molecular weight is 164 g/mol. The van der Waals surface area contributed by atoms with Gasteiger partial charge in [-0.15, -0.1) is 0 Å². The van der Waals surface area contributed by atoms with Crippen LogP contribution in [-0.4, -0.2) is 11.2 Å². The molecule has 66 valence electrons. The molecule has 1 atom stereocenters. The summed E-state index contributed by atoms with van der Waals surface area (Å²) >= 11 is 0. The molecule has 0 spiro atoms. The van der Waals surface area contributed by atoms with Gasteiger partial charge in [-0.25, -0.2) is 0 Å². The van der Waals surface area contributed by atoms with E-state index in [2.05, 4.69) is 32.0 Å². The highest BCUT2D eigenvalue weighted by atomic mass is 16.3. The summed E-state index contributed by atoms with van der Waals surface area (Å²) in [5.74, 6) is 0. The lowest BCUT2D eigenvalue weighted by Gasteiger charge is -2.06. The molecule has 0 aliphatic carbocycles. The van der Waals surface area contributed by atoms with Crippen molar-refractivity contribution < 1.29 is 5.11 Å². The molecular formula is C11H16O. The number of hydrogen-bond donors (Lipinski definition) is 1. The van der Waals surface area contributed by atoms with Crippen LogP contribution in [0.2, 0.25) is 0 Å². The second-order valence-corrected chi connectivity index (χ2v) is 3.55. The largest absolute Gasteiger partial charge is 0.393 e. The van der Waals surface area contributed by atoms with E-state index in [1.165, 1.54) is 16.7 Å². The third-order valence-corrected chi connectivity index (χ3v) is 1.81. The summed E-state index contributed by atoms with van der Waals surface area (Å²) in [4.78, 5) is 0. The maximum atomic E-state index is 9.19. The second-order valence-electron chi connectivity index (χ2n) is 3.55. The predicted octanol–water partition coefficient (Wildman–Crippen LogP) is 2.23. The molecule has 1 heteroatoms. The van der Waals surface area contributed by atoms with Crippen molar-refractivity contribution in [1.82, 2.24) is 0 Å². The van der Waals surface area contributed by atoms with Crippen LogP contribution >= 0.6 is 0 Å². The Morgan fingerprint density at radius 2 is 1.67 bits per heavy atom. The summed E-state index contributed by atoms with van der Waals surface area (Å²) in [7, 11) is 0. The van der Waals surface area contributed by atoms with Crippen molar-refractivity contribution >= 4 is 0 Å². The third kappa shape index (κ3) is 2.67. The van der Waals surface area contributed by atoms with Crippen molar-refractivity contribution in [1.29, 1.82) is 0 Å². The number of benzene rings is 1. The first kappa shape index (κ1) is 9.27. The quantitative estimate of drug-likeness (QED) is 0.710. The van der Waals surface area contributed by atoms with Crippen LogP contribution in [0.15, 0.2) is 18.2 Å². The van der Waals surface area contributed by atoms with Gasteiger partial charge in [0.1, 0.15) is 0 Å². The number of hydrogen-bond acceptors (Lipinski definition) is 1. The van der Waals surface area contributed by atoms with Crippen molar-refractivity contribution in [3.05, 3.63) is 34.9 Å². The van der Waals surface area contributed by atoms with E-state index in [1.807, 2.05) is 6.92 Å². The van der Waals surface area contributed by atoms with Gasteiger partial charge in [-0.2, -0.15) is 0 Å². The van der Waals surface area contributed by atoms with Crippen LogP contribution < -0.4 is 0 Å². The Morgan fingerprint density at radius 3 is 2.08 bits per heavy atom. The predicted molar refractivity (Wildman–Crippen MR) is 51.3 cm³/mol. The standard InChI is InChI=1S/C11H16O/c1-8-4-9(2)6-11(5-8)7-10(3)12/h4-6,10,12H,7H2,1-3H3. The maximum Gasteiger partial charge on any atom is 0.0552 e. The van der Waals surface area contributed by atoms with E-state index in [9.17, 15) is 5.11 Å². The lowest BCUT2D eigenvalue weighted by molar-refractivity contribution is 0.195. The second kappa shape index (κ2) is 3.72. The summed E-state index contributed by atoms with van der Waals surface area (Å²) in [6.07, 6.45) is 0.508. The summed E-state index contributed by atoms with van der Waals surface area (Å²) < 4.78 is 0. The van der Waals surface area contributed by atoms with Crippen molar-refractivity contribution in [2.45, 2.75) is 33.3 Å². The lowest BCUT2D eigenvalue weighted by Crippen LogP contribution is -2.04. The molecule has 1 unspecified atom stereocenters. The molecule has 1 aromatic carbocycles. The minimum atomic E-state index is -0.244. The van der Waals surface area contributed by atoms with Crippen molar-refractivity contribution in [3.8, 4) is 0 Å². The van der Waals surface area contributed by atoms with E-state index in [0.717, 1.165) is 6.42 Å². The number of rotatable bonds is 2. The SMILES string of the molecule is Cc1cc(C)cc(CC(C)O)c1. The summed E-state index contributed by atoms with van der Waals surface area (Å²) in [5.41, 5.74) is 3.76. The van der Waals surface area contributed by atoms with Crippen LogP contribution in [0.5, 0.6) is 0 Å². The van der Waals surface area contributed by atoms with E-state index in [4.69, 9.17) is 0 Å². The lowest BCUT2D eigenvalue weighted by atomic mass is 10.0. The first-order valence-electron chi connectivity index (χ1n) is 4.33. The Morgan fingerprint density at radius 1 is 1.17 bits per heavy atom. The van der Waals surface area contributed by atoms with E-state index >= 15 is 0 Å². The molecule has 0 aliphatic rings. The van der Waals surface area contributed by atoms with Gasteiger partial charge in [-0.3, -0.25) is 0 Å². The Labute approximate surface area is 74.1 Å². The van der Waals surface area contributed by atoms with Crippen molar-refractivity contribution in [2.24, 2.45) is 0 Å². The van der Waals surface area contributed by atoms with Crippen molar-refractivity contribution in [3.63, 3.8) is 0 Å². The van der Waals surface area contributed by atoms with E-state index in [-0.39, 0.29) is 6.10 Å². The molecule has 0 saturated heterocycles. The van der Waals surface area contributed by atoms with Crippen LogP contribution in [-0.2, 0) is 6.42 Å². The Bertz CT molecular complexity index is 243. The Balaban J connectivity index is 2.85. The smallest absolute Gasteiger partial charge is 0.0552 e. The summed E-state index contributed by atoms with van der Waals surface area (Å²) in [5, 5.41) is 9.19. The maximum absolute atomic E-state index is 9.19. The van der Waals surface area contributed by atoms with E-state index in [1.54, 1.807) is 0 Å². The van der Waals surface area contributed by atoms with Gasteiger partial charge in [0.2, 0.25) is 0 Å². The fourth-order valence-electron chi connectivity index (χ4n) is 1.53. The van der Waals surface area contributed by atoms with Gasteiger partial charge in [0, 0.05) is 0 Å². The van der Waals surface area contributed by atoms with Gasteiger partial charge in [0.15, 0.2) is 0 Å². The van der Waals surface area contributed by atoms with Crippen LogP contribution in [0.3, 0.4) is 0 Å². The Kier molecular flexibility index (Phi) is 2.88. The molecule has 1 rings (SSSR count). The van der Waals surface area contributed by atoms with Crippen LogP contribution in [0.25, 0.3) is 0 Å². The van der Waals surface area contributed by atoms with Crippen LogP contribution in [0.1, 0.15) is 23.6 Å². The van der Waals surface area contributed by atoms with Crippen LogP contribution in [0.4, 0.5) is 0 Å². The van der Waals surface area contributed by atoms with E-state index < -0.39 is 0 Å². The zero-order valence-corrected chi connectivity index (χ0v) is 7.96. The molecule has 0 radical (unpaired) electrons. The van der Waals surface area contributed by atoms with Gasteiger partial charge in [-0.1, -0.05) is 29.3 Å². The van der Waals surface area contributed by atoms with E-state index in [0.29, 0.717) is 0 Å². The van der Waals surface area contributed by atoms with Crippen molar-refractivity contribution in [2.75, 3.05) is 0 Å². The highest BCUT2D eigenvalue weighted by Gasteiger charge is 1.99. The Hall–Kier alpha value is -0.820. The van der Waals surface area contributed by atoms with Gasteiger partial charge in [0.25, 0.3) is 0 Å². The molecule has 1 N–H and O–H groups in total. The topological polar surface area (TPSA) is 20.2 Å². The monoisotopic (exact) mass is 164 g/mol. The zero-order valence-electron chi connectivity index (χ0n) is 7.96. The number of aryl methyl sites for hydroxylation is 2. The first-order chi connectivity index (χ1) is 5.58. The summed E-state index contributed by atoms with van der Waals surface area (Å²) in [6.45, 7) is 5.98. The minimum absolute atomic E-state index is 0.244. The highest BCUT2D eigenvalue weighted by Crippen LogP contribution is 2.10. The molecule has 0 aliphatic heterocycles. The summed E-state index contributed by atoms with van der Waals surface area (Å²) in [6, 6.07) is 6.39. The van der Waals surface area contributed by atoms with Crippen LogP contribution in [0, 0.1) is 13.8 Å². The molecule has 0 amide bonds. The first-order valence-corrected chi connectivity index (χ1v) is 4.33. The molecule has 0 bridgehead atoms.